The summed E-state index contributed by atoms with van der Waals surface area (Å²) in [6.07, 6.45) is 6.72. The van der Waals surface area contributed by atoms with E-state index in [1.54, 1.807) is 12.3 Å². The van der Waals surface area contributed by atoms with Gasteiger partial charge in [0.15, 0.2) is 0 Å². The molecule has 0 saturated carbocycles. The lowest BCUT2D eigenvalue weighted by atomic mass is 10.1. The molecule has 0 saturated heterocycles. The van der Waals surface area contributed by atoms with Gasteiger partial charge in [0.05, 0.1) is 11.3 Å². The normalized spacial score (nSPS) is 17.6. The van der Waals surface area contributed by atoms with Crippen LogP contribution in [0.5, 0.6) is 0 Å². The minimum absolute atomic E-state index is 0.161. The van der Waals surface area contributed by atoms with Crippen LogP contribution in [0.3, 0.4) is 0 Å². The number of halogens is 1. The van der Waals surface area contributed by atoms with Crippen molar-refractivity contribution in [2.24, 2.45) is 0 Å². The molecule has 0 aromatic heterocycles. The number of rotatable bonds is 3. The van der Waals surface area contributed by atoms with E-state index < -0.39 is 0 Å². The summed E-state index contributed by atoms with van der Waals surface area (Å²) in [6.45, 7) is 1.55. The van der Waals surface area contributed by atoms with Crippen LogP contribution < -0.4 is 15.5 Å². The number of carbonyl (C=O) groups is 1. The lowest BCUT2D eigenvalue weighted by Gasteiger charge is -2.26. The molecule has 0 fully saturated rings. The van der Waals surface area contributed by atoms with Gasteiger partial charge in [0.25, 0.3) is 5.91 Å². The molecule has 0 spiro atoms. The Morgan fingerprint density at radius 3 is 2.84 bits per heavy atom. The zero-order valence-electron chi connectivity index (χ0n) is 13.6. The number of anilines is 3. The molecule has 4 rings (SSSR count). The zero-order valence-corrected chi connectivity index (χ0v) is 13.6. The Kier molecular flexibility index (Phi) is 3.98. The first-order valence-corrected chi connectivity index (χ1v) is 8.29. The van der Waals surface area contributed by atoms with Gasteiger partial charge in [-0.05, 0) is 30.7 Å². The fourth-order valence-corrected chi connectivity index (χ4v) is 3.15. The molecule has 0 unspecified atom stereocenters. The Balaban J connectivity index is 1.55. The number of fused-ring (bicyclic) bond motifs is 1. The van der Waals surface area contributed by atoms with Crippen molar-refractivity contribution in [2.45, 2.75) is 6.42 Å². The molecule has 2 aliphatic rings. The van der Waals surface area contributed by atoms with Crippen molar-refractivity contribution >= 4 is 28.5 Å². The average molecular weight is 335 g/mol. The first-order valence-electron chi connectivity index (χ1n) is 8.29. The standard InChI is InChI=1S/C20H18FN3O/c21-17-12-14(8-9-19(17)24-10-4-1-5-11-24)22-13-16-15-6-2-3-7-18(15)23-20(16)25/h1-4,6-9,12-13,22H,5,10-11H2,(H,23,25)/b16-13+. The minimum Gasteiger partial charge on any atom is -0.365 e. The fourth-order valence-electron chi connectivity index (χ4n) is 3.15. The van der Waals surface area contributed by atoms with Crippen LogP contribution >= 0.6 is 0 Å². The highest BCUT2D eigenvalue weighted by Gasteiger charge is 2.23. The van der Waals surface area contributed by atoms with E-state index in [0.717, 1.165) is 30.8 Å². The van der Waals surface area contributed by atoms with Crippen molar-refractivity contribution in [3.63, 3.8) is 0 Å². The molecule has 2 heterocycles. The highest BCUT2D eigenvalue weighted by molar-refractivity contribution is 6.31. The summed E-state index contributed by atoms with van der Waals surface area (Å²) >= 11 is 0. The zero-order chi connectivity index (χ0) is 17.2. The van der Waals surface area contributed by atoms with Crippen molar-refractivity contribution in [2.75, 3.05) is 28.6 Å². The number of amides is 1. The smallest absolute Gasteiger partial charge is 0.257 e. The quantitative estimate of drug-likeness (QED) is 0.658. The predicted molar refractivity (Wildman–Crippen MR) is 99.0 cm³/mol. The maximum Gasteiger partial charge on any atom is 0.257 e. The van der Waals surface area contributed by atoms with E-state index in [2.05, 4.69) is 22.8 Å². The third-order valence-corrected chi connectivity index (χ3v) is 4.44. The molecule has 25 heavy (non-hydrogen) atoms. The van der Waals surface area contributed by atoms with Crippen LogP contribution in [0.2, 0.25) is 0 Å². The number of para-hydroxylation sites is 1. The molecule has 0 atom stereocenters. The number of hydrogen-bond acceptors (Lipinski definition) is 3. The van der Waals surface area contributed by atoms with E-state index >= 15 is 0 Å². The Morgan fingerprint density at radius 1 is 1.16 bits per heavy atom. The number of nitrogens with one attached hydrogen (secondary N) is 2. The van der Waals surface area contributed by atoms with Crippen molar-refractivity contribution in [1.29, 1.82) is 0 Å². The molecule has 2 aromatic rings. The number of benzene rings is 2. The Morgan fingerprint density at radius 2 is 2.04 bits per heavy atom. The molecule has 2 aromatic carbocycles. The number of carbonyl (C=O) groups excluding carboxylic acids is 1. The van der Waals surface area contributed by atoms with Gasteiger partial charge in [-0.25, -0.2) is 4.39 Å². The fraction of sp³-hybridized carbons (Fsp3) is 0.150. The summed E-state index contributed by atoms with van der Waals surface area (Å²) < 4.78 is 14.4. The molecule has 126 valence electrons. The molecule has 0 bridgehead atoms. The molecule has 0 aliphatic carbocycles. The van der Waals surface area contributed by atoms with E-state index in [4.69, 9.17) is 0 Å². The van der Waals surface area contributed by atoms with E-state index in [9.17, 15) is 9.18 Å². The monoisotopic (exact) mass is 335 g/mol. The molecule has 2 N–H and O–H groups in total. The minimum atomic E-state index is -0.269. The van der Waals surface area contributed by atoms with Crippen molar-refractivity contribution in [3.05, 3.63) is 72.2 Å². The van der Waals surface area contributed by atoms with Crippen LogP contribution in [-0.2, 0) is 4.79 Å². The summed E-state index contributed by atoms with van der Waals surface area (Å²) in [5, 5.41) is 5.85. The lowest BCUT2D eigenvalue weighted by Crippen LogP contribution is -2.27. The maximum absolute atomic E-state index is 14.4. The number of nitrogens with zero attached hydrogens (tertiary/aromatic N) is 1. The molecule has 2 aliphatic heterocycles. The highest BCUT2D eigenvalue weighted by atomic mass is 19.1. The molecular weight excluding hydrogens is 317 g/mol. The Labute approximate surface area is 145 Å². The molecule has 0 radical (unpaired) electrons. The molecular formula is C20H18FN3O. The van der Waals surface area contributed by atoms with E-state index in [1.807, 2.05) is 35.2 Å². The second kappa shape index (κ2) is 6.43. The third kappa shape index (κ3) is 3.01. The Hall–Kier alpha value is -3.08. The maximum atomic E-state index is 14.4. The van der Waals surface area contributed by atoms with Gasteiger partial charge >= 0.3 is 0 Å². The summed E-state index contributed by atoms with van der Waals surface area (Å²) in [7, 11) is 0. The van der Waals surface area contributed by atoms with Crippen molar-refractivity contribution in [3.8, 4) is 0 Å². The van der Waals surface area contributed by atoms with E-state index in [1.165, 1.54) is 6.07 Å². The summed E-state index contributed by atoms with van der Waals surface area (Å²) in [5.74, 6) is -0.430. The number of hydrogen-bond donors (Lipinski definition) is 2. The largest absolute Gasteiger partial charge is 0.365 e. The molecule has 4 nitrogen and oxygen atoms in total. The van der Waals surface area contributed by atoms with Crippen LogP contribution in [0, 0.1) is 5.82 Å². The van der Waals surface area contributed by atoms with Crippen LogP contribution in [-0.4, -0.2) is 19.0 Å². The van der Waals surface area contributed by atoms with Gasteiger partial charge in [-0.3, -0.25) is 4.79 Å². The SMILES string of the molecule is O=C1Nc2ccccc2/C1=C\Nc1ccc(N2CC=CCC2)c(F)c1. The van der Waals surface area contributed by atoms with E-state index in [0.29, 0.717) is 16.9 Å². The van der Waals surface area contributed by atoms with Gasteiger partial charge in [-0.2, -0.15) is 0 Å². The van der Waals surface area contributed by atoms with Crippen LogP contribution in [0.25, 0.3) is 5.57 Å². The average Bonchev–Trinajstić information content (AvgIpc) is 2.96. The first kappa shape index (κ1) is 15.4. The van der Waals surface area contributed by atoms with Gasteiger partial charge < -0.3 is 15.5 Å². The van der Waals surface area contributed by atoms with Crippen molar-refractivity contribution in [1.82, 2.24) is 0 Å². The van der Waals surface area contributed by atoms with Crippen molar-refractivity contribution < 1.29 is 9.18 Å². The van der Waals surface area contributed by atoms with Gasteiger partial charge in [0.1, 0.15) is 5.82 Å². The van der Waals surface area contributed by atoms with Crippen LogP contribution in [0.4, 0.5) is 21.5 Å². The molecule has 1 amide bonds. The third-order valence-electron chi connectivity index (χ3n) is 4.44. The van der Waals surface area contributed by atoms with E-state index in [-0.39, 0.29) is 11.7 Å². The van der Waals surface area contributed by atoms with Gasteiger partial charge in [0, 0.05) is 36.2 Å². The van der Waals surface area contributed by atoms with Gasteiger partial charge in [-0.15, -0.1) is 0 Å². The molecule has 5 heteroatoms. The summed E-state index contributed by atoms with van der Waals surface area (Å²) in [6, 6.07) is 12.6. The predicted octanol–water partition coefficient (Wildman–Crippen LogP) is 4.00. The second-order valence-corrected chi connectivity index (χ2v) is 6.07. The summed E-state index contributed by atoms with van der Waals surface area (Å²) in [5.41, 5.74) is 3.39. The lowest BCUT2D eigenvalue weighted by molar-refractivity contribution is -0.110. The highest BCUT2D eigenvalue weighted by Crippen LogP contribution is 2.31. The van der Waals surface area contributed by atoms with Crippen LogP contribution in [0.1, 0.15) is 12.0 Å². The Bertz CT molecular complexity index is 888. The second-order valence-electron chi connectivity index (χ2n) is 6.07. The topological polar surface area (TPSA) is 44.4 Å². The summed E-state index contributed by atoms with van der Waals surface area (Å²) in [4.78, 5) is 14.1. The van der Waals surface area contributed by atoms with Crippen LogP contribution in [0.15, 0.2) is 60.8 Å². The first-order chi connectivity index (χ1) is 12.2. The van der Waals surface area contributed by atoms with Gasteiger partial charge in [-0.1, -0.05) is 30.4 Å². The van der Waals surface area contributed by atoms with Gasteiger partial charge in [0.2, 0.25) is 0 Å².